The van der Waals surface area contributed by atoms with Crippen LogP contribution < -0.4 is 5.32 Å². The van der Waals surface area contributed by atoms with Crippen LogP contribution in [0.25, 0.3) is 0 Å². The largest absolute Gasteiger partial charge is 0.311 e. The van der Waals surface area contributed by atoms with Gasteiger partial charge in [-0.05, 0) is 38.4 Å². The molecule has 114 valence electrons. The van der Waals surface area contributed by atoms with Gasteiger partial charge in [-0.3, -0.25) is 4.68 Å². The van der Waals surface area contributed by atoms with Gasteiger partial charge in [-0.15, -0.1) is 0 Å². The van der Waals surface area contributed by atoms with Crippen LogP contribution in [0, 0.1) is 0 Å². The molecule has 0 aliphatic carbocycles. The summed E-state index contributed by atoms with van der Waals surface area (Å²) in [5, 5.41) is 8.02. The van der Waals surface area contributed by atoms with Crippen LogP contribution in [0.5, 0.6) is 0 Å². The maximum atomic E-state index is 4.46. The fourth-order valence-electron chi connectivity index (χ4n) is 3.56. The lowest BCUT2D eigenvalue weighted by molar-refractivity contribution is 0.274. The normalized spacial score (nSPS) is 13.3. The van der Waals surface area contributed by atoms with E-state index in [1.807, 2.05) is 6.20 Å². The highest BCUT2D eigenvalue weighted by atomic mass is 15.3. The summed E-state index contributed by atoms with van der Waals surface area (Å²) in [5.41, 5.74) is 2.76. The Labute approximate surface area is 128 Å². The van der Waals surface area contributed by atoms with E-state index in [1.54, 1.807) is 0 Å². The van der Waals surface area contributed by atoms with Gasteiger partial charge in [0.2, 0.25) is 0 Å². The van der Waals surface area contributed by atoms with Crippen LogP contribution >= 0.6 is 0 Å². The summed E-state index contributed by atoms with van der Waals surface area (Å²) in [6.45, 7) is 7.62. The Kier molecular flexibility index (Phi) is 5.18. The van der Waals surface area contributed by atoms with E-state index >= 15 is 0 Å². The van der Waals surface area contributed by atoms with Crippen LogP contribution in [0.3, 0.4) is 0 Å². The molecule has 0 fully saturated rings. The zero-order chi connectivity index (χ0) is 15.3. The summed E-state index contributed by atoms with van der Waals surface area (Å²) in [6, 6.07) is 13.3. The van der Waals surface area contributed by atoms with Crippen molar-refractivity contribution in [2.45, 2.75) is 51.6 Å². The number of aromatic nitrogens is 2. The van der Waals surface area contributed by atoms with Crippen LogP contribution in [0.15, 0.2) is 42.6 Å². The number of nitrogens with one attached hydrogen (secondary N) is 1. The summed E-state index contributed by atoms with van der Waals surface area (Å²) < 4.78 is 2.10. The second-order valence-electron chi connectivity index (χ2n) is 5.52. The van der Waals surface area contributed by atoms with Crippen molar-refractivity contribution in [1.82, 2.24) is 15.1 Å². The Morgan fingerprint density at radius 1 is 1.10 bits per heavy atom. The molecule has 1 heterocycles. The van der Waals surface area contributed by atoms with Gasteiger partial charge in [-0.1, -0.05) is 44.2 Å². The predicted molar refractivity (Wildman–Crippen MR) is 88.4 cm³/mol. The lowest BCUT2D eigenvalue weighted by Crippen LogP contribution is -2.41. The molecular formula is C18H27N3. The minimum atomic E-state index is 0.0863. The van der Waals surface area contributed by atoms with E-state index in [0.717, 1.165) is 19.4 Å². The standard InChI is InChI=1S/C18H27N3/c1-5-18(6-2,15-11-9-8-10-12-15)17(19-4)16-13-14-20-21(16)7-3/h8-14,17,19H,5-7H2,1-4H3. The Morgan fingerprint density at radius 2 is 1.76 bits per heavy atom. The first-order valence-electron chi connectivity index (χ1n) is 7.98. The smallest absolute Gasteiger partial charge is 0.0587 e. The number of benzene rings is 1. The number of rotatable bonds is 7. The molecule has 3 heteroatoms. The molecule has 1 aromatic heterocycles. The van der Waals surface area contributed by atoms with E-state index in [0.29, 0.717) is 0 Å². The van der Waals surface area contributed by atoms with Gasteiger partial charge in [-0.25, -0.2) is 0 Å². The molecule has 2 rings (SSSR count). The van der Waals surface area contributed by atoms with Crippen molar-refractivity contribution in [3.63, 3.8) is 0 Å². The minimum absolute atomic E-state index is 0.0863. The third-order valence-electron chi connectivity index (χ3n) is 4.80. The fraction of sp³-hybridized carbons (Fsp3) is 0.500. The van der Waals surface area contributed by atoms with Crippen molar-refractivity contribution in [3.8, 4) is 0 Å². The van der Waals surface area contributed by atoms with Crippen LogP contribution in [-0.2, 0) is 12.0 Å². The monoisotopic (exact) mass is 285 g/mol. The number of hydrogen-bond donors (Lipinski definition) is 1. The lowest BCUT2D eigenvalue weighted by atomic mass is 9.69. The average molecular weight is 285 g/mol. The van der Waals surface area contributed by atoms with Gasteiger partial charge in [0.15, 0.2) is 0 Å². The highest BCUT2D eigenvalue weighted by Gasteiger charge is 2.38. The van der Waals surface area contributed by atoms with Crippen LogP contribution in [0.2, 0.25) is 0 Å². The van der Waals surface area contributed by atoms with Gasteiger partial charge < -0.3 is 5.32 Å². The molecule has 0 bridgehead atoms. The van der Waals surface area contributed by atoms with E-state index in [4.69, 9.17) is 0 Å². The molecule has 1 unspecified atom stereocenters. The Bertz CT molecular complexity index is 541. The molecule has 0 aliphatic heterocycles. The van der Waals surface area contributed by atoms with Gasteiger partial charge in [0.05, 0.1) is 11.7 Å². The molecule has 0 amide bonds. The summed E-state index contributed by atoms with van der Waals surface area (Å²) in [7, 11) is 2.06. The quantitative estimate of drug-likeness (QED) is 0.835. The Morgan fingerprint density at radius 3 is 2.29 bits per heavy atom. The number of nitrogens with zero attached hydrogens (tertiary/aromatic N) is 2. The third-order valence-corrected chi connectivity index (χ3v) is 4.80. The molecule has 0 saturated heterocycles. The molecule has 21 heavy (non-hydrogen) atoms. The third kappa shape index (κ3) is 2.75. The lowest BCUT2D eigenvalue weighted by Gasteiger charge is -2.40. The first-order chi connectivity index (χ1) is 10.2. The van der Waals surface area contributed by atoms with E-state index in [9.17, 15) is 0 Å². The molecule has 1 aromatic carbocycles. The van der Waals surface area contributed by atoms with E-state index in [-0.39, 0.29) is 11.5 Å². The zero-order valence-electron chi connectivity index (χ0n) is 13.6. The topological polar surface area (TPSA) is 29.9 Å². The first kappa shape index (κ1) is 15.8. The van der Waals surface area contributed by atoms with Crippen molar-refractivity contribution in [1.29, 1.82) is 0 Å². The van der Waals surface area contributed by atoms with Gasteiger partial charge in [0.25, 0.3) is 0 Å². The summed E-state index contributed by atoms with van der Waals surface area (Å²) in [4.78, 5) is 0. The number of likely N-dealkylation sites (N-methyl/N-ethyl adjacent to an activating group) is 1. The number of hydrogen-bond acceptors (Lipinski definition) is 2. The predicted octanol–water partition coefficient (Wildman–Crippen LogP) is 3.92. The molecule has 0 radical (unpaired) electrons. The van der Waals surface area contributed by atoms with Gasteiger partial charge in [-0.2, -0.15) is 5.10 Å². The van der Waals surface area contributed by atoms with Crippen LogP contribution in [0.1, 0.15) is 50.9 Å². The fourth-order valence-corrected chi connectivity index (χ4v) is 3.56. The highest BCUT2D eigenvalue weighted by Crippen LogP contribution is 2.42. The maximum Gasteiger partial charge on any atom is 0.0587 e. The van der Waals surface area contributed by atoms with Crippen molar-refractivity contribution >= 4 is 0 Å². The molecule has 1 N–H and O–H groups in total. The van der Waals surface area contributed by atoms with E-state index in [1.165, 1.54) is 11.3 Å². The maximum absolute atomic E-state index is 4.46. The van der Waals surface area contributed by atoms with Gasteiger partial charge in [0, 0.05) is 18.2 Å². The number of aryl methyl sites for hydroxylation is 1. The Hall–Kier alpha value is -1.61. The second kappa shape index (κ2) is 6.90. The molecule has 1 atom stereocenters. The van der Waals surface area contributed by atoms with Crippen molar-refractivity contribution in [2.75, 3.05) is 7.05 Å². The summed E-state index contributed by atoms with van der Waals surface area (Å²) >= 11 is 0. The van der Waals surface area contributed by atoms with Crippen LogP contribution in [-0.4, -0.2) is 16.8 Å². The van der Waals surface area contributed by atoms with E-state index < -0.39 is 0 Å². The molecule has 2 aromatic rings. The van der Waals surface area contributed by atoms with Crippen LogP contribution in [0.4, 0.5) is 0 Å². The molecule has 3 nitrogen and oxygen atoms in total. The molecule has 0 spiro atoms. The highest BCUT2D eigenvalue weighted by molar-refractivity contribution is 5.31. The summed E-state index contributed by atoms with van der Waals surface area (Å²) in [6.07, 6.45) is 4.09. The van der Waals surface area contributed by atoms with Crippen molar-refractivity contribution in [3.05, 3.63) is 53.9 Å². The van der Waals surface area contributed by atoms with Gasteiger partial charge >= 0.3 is 0 Å². The minimum Gasteiger partial charge on any atom is -0.311 e. The zero-order valence-corrected chi connectivity index (χ0v) is 13.6. The second-order valence-corrected chi connectivity index (χ2v) is 5.52. The van der Waals surface area contributed by atoms with E-state index in [2.05, 4.69) is 79.3 Å². The van der Waals surface area contributed by atoms with Crippen molar-refractivity contribution in [2.24, 2.45) is 0 Å². The summed E-state index contributed by atoms with van der Waals surface area (Å²) in [5.74, 6) is 0. The van der Waals surface area contributed by atoms with Crippen molar-refractivity contribution < 1.29 is 0 Å². The average Bonchev–Trinajstić information content (AvgIpc) is 3.01. The first-order valence-corrected chi connectivity index (χ1v) is 7.98. The Balaban J connectivity index is 2.54. The molecule has 0 saturated carbocycles. The van der Waals surface area contributed by atoms with Gasteiger partial charge in [0.1, 0.15) is 0 Å². The molecular weight excluding hydrogens is 258 g/mol. The molecule has 0 aliphatic rings. The SMILES string of the molecule is CCn1nccc1C(NC)C(CC)(CC)c1ccccc1.